The van der Waals surface area contributed by atoms with Crippen LogP contribution in [0.25, 0.3) is 0 Å². The van der Waals surface area contributed by atoms with Crippen molar-refractivity contribution in [1.29, 1.82) is 0 Å². The van der Waals surface area contributed by atoms with E-state index in [1.54, 1.807) is 0 Å². The van der Waals surface area contributed by atoms with E-state index in [0.717, 1.165) is 19.5 Å². The molecule has 19 heavy (non-hydrogen) atoms. The number of nitrogens with one attached hydrogen (secondary N) is 1. The molecule has 3 rings (SSSR count). The van der Waals surface area contributed by atoms with Crippen LogP contribution in [0.15, 0.2) is 0 Å². The van der Waals surface area contributed by atoms with Gasteiger partial charge in [0.1, 0.15) is 0 Å². The van der Waals surface area contributed by atoms with Gasteiger partial charge in [-0.05, 0) is 32.4 Å². The van der Waals surface area contributed by atoms with Gasteiger partial charge in [0.2, 0.25) is 11.8 Å². The molecule has 7 heteroatoms. The maximum absolute atomic E-state index is 12.2. The van der Waals surface area contributed by atoms with Crippen molar-refractivity contribution in [2.45, 2.75) is 31.7 Å². The summed E-state index contributed by atoms with van der Waals surface area (Å²) in [4.78, 5) is 20.5. The van der Waals surface area contributed by atoms with E-state index in [-0.39, 0.29) is 17.7 Å². The molecule has 1 amide bonds. The molecular formula is C12H20N6O. The maximum atomic E-state index is 12.2. The molecule has 2 fully saturated rings. The maximum Gasteiger partial charge on any atom is 0.291 e. The zero-order valence-electron chi connectivity index (χ0n) is 11.0. The van der Waals surface area contributed by atoms with Gasteiger partial charge in [-0.15, -0.1) is 5.10 Å². The van der Waals surface area contributed by atoms with Gasteiger partial charge in [0.05, 0.1) is 0 Å². The molecule has 3 N–H and O–H groups in total. The number of aromatic amines is 1. The van der Waals surface area contributed by atoms with Gasteiger partial charge in [-0.1, -0.05) is 6.42 Å². The third kappa shape index (κ3) is 2.56. The summed E-state index contributed by atoms with van der Waals surface area (Å²) < 4.78 is 0. The van der Waals surface area contributed by atoms with E-state index in [1.807, 2.05) is 4.90 Å². The van der Waals surface area contributed by atoms with Crippen molar-refractivity contribution in [2.24, 2.45) is 0 Å². The molecule has 7 nitrogen and oxygen atoms in total. The number of nitrogen functional groups attached to an aromatic ring is 1. The number of H-pyrrole nitrogens is 1. The highest BCUT2D eigenvalue weighted by atomic mass is 16.2. The number of nitrogens with two attached hydrogens (primary N) is 1. The average Bonchev–Trinajstić information content (AvgIpc) is 3.08. The molecule has 1 atom stereocenters. The molecule has 0 radical (unpaired) electrons. The zero-order chi connectivity index (χ0) is 13.2. The van der Waals surface area contributed by atoms with Crippen LogP contribution in [0.5, 0.6) is 0 Å². The molecular weight excluding hydrogens is 244 g/mol. The van der Waals surface area contributed by atoms with Crippen LogP contribution in [-0.4, -0.2) is 63.1 Å². The first-order valence-corrected chi connectivity index (χ1v) is 6.95. The first-order valence-electron chi connectivity index (χ1n) is 6.95. The second-order valence-corrected chi connectivity index (χ2v) is 5.33. The first-order chi connectivity index (χ1) is 9.24. The van der Waals surface area contributed by atoms with Crippen molar-refractivity contribution >= 4 is 11.9 Å². The second kappa shape index (κ2) is 5.16. The van der Waals surface area contributed by atoms with Gasteiger partial charge in [-0.2, -0.15) is 4.98 Å². The van der Waals surface area contributed by atoms with Crippen molar-refractivity contribution in [3.05, 3.63) is 5.82 Å². The van der Waals surface area contributed by atoms with E-state index in [1.165, 1.54) is 32.4 Å². The molecule has 1 aromatic rings. The van der Waals surface area contributed by atoms with Crippen molar-refractivity contribution < 1.29 is 4.79 Å². The molecule has 0 saturated carbocycles. The van der Waals surface area contributed by atoms with E-state index in [4.69, 9.17) is 5.73 Å². The minimum atomic E-state index is -0.0938. The number of piperidine rings is 1. The molecule has 0 aromatic carbocycles. The Morgan fingerprint density at radius 1 is 1.26 bits per heavy atom. The molecule has 1 aromatic heterocycles. The number of amides is 1. The Morgan fingerprint density at radius 2 is 2.05 bits per heavy atom. The van der Waals surface area contributed by atoms with E-state index < -0.39 is 0 Å². The molecule has 0 spiro atoms. The van der Waals surface area contributed by atoms with Crippen molar-refractivity contribution in [1.82, 2.24) is 25.0 Å². The van der Waals surface area contributed by atoms with Crippen LogP contribution >= 0.6 is 0 Å². The number of hydrogen-bond donors (Lipinski definition) is 2. The second-order valence-electron chi connectivity index (χ2n) is 5.33. The fraction of sp³-hybridized carbons (Fsp3) is 0.750. The molecule has 2 saturated heterocycles. The molecule has 0 aliphatic carbocycles. The van der Waals surface area contributed by atoms with Crippen LogP contribution in [0.2, 0.25) is 0 Å². The van der Waals surface area contributed by atoms with E-state index in [9.17, 15) is 4.79 Å². The normalized spacial score (nSPS) is 24.8. The Morgan fingerprint density at radius 3 is 2.74 bits per heavy atom. The van der Waals surface area contributed by atoms with Gasteiger partial charge in [0, 0.05) is 19.1 Å². The molecule has 3 heterocycles. The van der Waals surface area contributed by atoms with E-state index in [2.05, 4.69) is 20.1 Å². The minimum absolute atomic E-state index is 0.0938. The average molecular weight is 264 g/mol. The van der Waals surface area contributed by atoms with Crippen molar-refractivity contribution in [2.75, 3.05) is 31.9 Å². The lowest BCUT2D eigenvalue weighted by atomic mass is 10.1. The highest BCUT2D eigenvalue weighted by molar-refractivity contribution is 5.90. The van der Waals surface area contributed by atoms with Crippen LogP contribution in [0.1, 0.15) is 36.3 Å². The third-order valence-electron chi connectivity index (χ3n) is 4.06. The Balaban J connectivity index is 1.60. The summed E-state index contributed by atoms with van der Waals surface area (Å²) in [6, 6.07) is 0.504. The van der Waals surface area contributed by atoms with Crippen LogP contribution in [-0.2, 0) is 0 Å². The number of anilines is 1. The Kier molecular flexibility index (Phi) is 3.37. The Bertz CT molecular complexity index is 453. The molecule has 1 unspecified atom stereocenters. The molecule has 2 aliphatic heterocycles. The van der Waals surface area contributed by atoms with E-state index >= 15 is 0 Å². The number of hydrogen-bond acceptors (Lipinski definition) is 5. The number of carbonyl (C=O) groups excluding carboxylic acids is 1. The lowest BCUT2D eigenvalue weighted by Crippen LogP contribution is -2.41. The number of likely N-dealkylation sites (tertiary alicyclic amines) is 2. The van der Waals surface area contributed by atoms with Gasteiger partial charge in [0.15, 0.2) is 0 Å². The van der Waals surface area contributed by atoms with Crippen LogP contribution in [0, 0.1) is 0 Å². The van der Waals surface area contributed by atoms with Crippen LogP contribution in [0.3, 0.4) is 0 Å². The van der Waals surface area contributed by atoms with Gasteiger partial charge in [-0.25, -0.2) is 0 Å². The summed E-state index contributed by atoms with van der Waals surface area (Å²) in [5, 5.41) is 6.29. The largest absolute Gasteiger partial charge is 0.366 e. The summed E-state index contributed by atoms with van der Waals surface area (Å²) in [6.07, 6.45) is 4.95. The van der Waals surface area contributed by atoms with Gasteiger partial charge in [-0.3, -0.25) is 14.8 Å². The summed E-state index contributed by atoms with van der Waals surface area (Å²) in [5.41, 5.74) is 5.43. The van der Waals surface area contributed by atoms with Crippen LogP contribution < -0.4 is 5.73 Å². The number of rotatable bonds is 2. The fourth-order valence-electron chi connectivity index (χ4n) is 3.03. The minimum Gasteiger partial charge on any atom is -0.366 e. The van der Waals surface area contributed by atoms with Crippen molar-refractivity contribution in [3.8, 4) is 0 Å². The lowest BCUT2D eigenvalue weighted by molar-refractivity contribution is 0.0760. The van der Waals surface area contributed by atoms with Gasteiger partial charge < -0.3 is 10.6 Å². The van der Waals surface area contributed by atoms with Crippen LogP contribution in [0.4, 0.5) is 5.95 Å². The number of aromatic nitrogens is 3. The van der Waals surface area contributed by atoms with Gasteiger partial charge >= 0.3 is 0 Å². The number of carbonyl (C=O) groups is 1. The SMILES string of the molecule is Nc1n[nH]c(C(=O)N2CCC(N3CCCCC3)C2)n1. The molecule has 0 bridgehead atoms. The summed E-state index contributed by atoms with van der Waals surface area (Å²) in [7, 11) is 0. The highest BCUT2D eigenvalue weighted by Crippen LogP contribution is 2.21. The van der Waals surface area contributed by atoms with Gasteiger partial charge in [0.25, 0.3) is 5.91 Å². The van der Waals surface area contributed by atoms with E-state index in [0.29, 0.717) is 6.04 Å². The lowest BCUT2D eigenvalue weighted by Gasteiger charge is -2.32. The third-order valence-corrected chi connectivity index (χ3v) is 4.06. The molecule has 2 aliphatic rings. The number of nitrogens with zero attached hydrogens (tertiary/aromatic N) is 4. The monoisotopic (exact) mass is 264 g/mol. The fourth-order valence-corrected chi connectivity index (χ4v) is 3.03. The Labute approximate surface area is 112 Å². The molecule has 104 valence electrons. The smallest absolute Gasteiger partial charge is 0.291 e. The quantitative estimate of drug-likeness (QED) is 0.790. The first kappa shape index (κ1) is 12.4. The Hall–Kier alpha value is -1.63. The zero-order valence-corrected chi connectivity index (χ0v) is 11.0. The topological polar surface area (TPSA) is 91.1 Å². The standard InChI is InChI=1S/C12H20N6O/c13-12-14-10(15-16-12)11(19)18-7-4-9(8-18)17-5-2-1-3-6-17/h9H,1-8H2,(H3,13,14,15,16). The highest BCUT2D eigenvalue weighted by Gasteiger charge is 2.32. The summed E-state index contributed by atoms with van der Waals surface area (Å²) in [5.74, 6) is 0.274. The predicted octanol–water partition coefficient (Wildman–Crippen LogP) is 0.0873. The predicted molar refractivity (Wildman–Crippen MR) is 70.5 cm³/mol. The summed E-state index contributed by atoms with van der Waals surface area (Å²) in [6.45, 7) is 3.92. The van der Waals surface area contributed by atoms with Crippen molar-refractivity contribution in [3.63, 3.8) is 0 Å². The summed E-state index contributed by atoms with van der Waals surface area (Å²) >= 11 is 0.